The molecule has 2 N–H and O–H groups in total. The number of piperazine rings is 1. The molecule has 1 aromatic heterocycles. The molecular formula is C25H24ClN5O4. The third-order valence-electron chi connectivity index (χ3n) is 6.18. The minimum absolute atomic E-state index is 0.0248. The Bertz CT molecular complexity index is 1300. The number of aromatic amines is 1. The van der Waals surface area contributed by atoms with Gasteiger partial charge in [-0.2, -0.15) is 4.98 Å². The van der Waals surface area contributed by atoms with Crippen LogP contribution in [0.25, 0.3) is 0 Å². The lowest BCUT2D eigenvalue weighted by Crippen LogP contribution is -2.52. The van der Waals surface area contributed by atoms with Crippen molar-refractivity contribution in [3.63, 3.8) is 0 Å². The molecule has 5 rings (SSSR count). The number of ether oxygens (including phenoxy) is 1. The predicted octanol–water partition coefficient (Wildman–Crippen LogP) is 3.86. The summed E-state index contributed by atoms with van der Waals surface area (Å²) < 4.78 is 5.78. The fourth-order valence-electron chi connectivity index (χ4n) is 4.29. The van der Waals surface area contributed by atoms with Crippen molar-refractivity contribution < 1.29 is 19.4 Å². The highest BCUT2D eigenvalue weighted by Crippen LogP contribution is 2.32. The number of rotatable bonds is 4. The van der Waals surface area contributed by atoms with Gasteiger partial charge in [-0.1, -0.05) is 24.3 Å². The Balaban J connectivity index is 1.28. The Labute approximate surface area is 207 Å². The normalized spacial score (nSPS) is 17.5. The maximum Gasteiger partial charge on any atom is 0.336 e. The highest BCUT2D eigenvalue weighted by Gasteiger charge is 2.31. The van der Waals surface area contributed by atoms with Crippen LogP contribution in [0.15, 0.2) is 53.5 Å². The van der Waals surface area contributed by atoms with Crippen LogP contribution in [0.1, 0.15) is 32.0 Å². The number of aromatic nitrogens is 2. The Morgan fingerprint density at radius 2 is 1.86 bits per heavy atom. The van der Waals surface area contributed by atoms with Crippen LogP contribution in [-0.4, -0.2) is 74.1 Å². The van der Waals surface area contributed by atoms with Crippen LogP contribution in [0.3, 0.4) is 0 Å². The number of aryl methyl sites for hydroxylation is 1. The molecule has 9 nitrogen and oxygen atoms in total. The number of fused-ring (bicyclic) bond motifs is 1. The van der Waals surface area contributed by atoms with Gasteiger partial charge in [0.2, 0.25) is 0 Å². The van der Waals surface area contributed by atoms with Crippen LogP contribution in [0, 0.1) is 6.92 Å². The Hall–Kier alpha value is -3.85. The van der Waals surface area contributed by atoms with Gasteiger partial charge in [0.25, 0.3) is 5.91 Å². The first-order chi connectivity index (χ1) is 16.9. The van der Waals surface area contributed by atoms with Gasteiger partial charge in [-0.25, -0.2) is 9.79 Å². The minimum atomic E-state index is -1.02. The number of benzene rings is 2. The molecule has 3 aromatic rings. The molecular weight excluding hydrogens is 470 g/mol. The number of aliphatic imine (C=N–C) groups is 1. The highest BCUT2D eigenvalue weighted by atomic mass is 35.5. The Morgan fingerprint density at radius 1 is 1.11 bits per heavy atom. The van der Waals surface area contributed by atoms with Crippen molar-refractivity contribution in [2.75, 3.05) is 26.2 Å². The first-order valence-corrected chi connectivity index (χ1v) is 11.8. The van der Waals surface area contributed by atoms with E-state index in [0.29, 0.717) is 55.3 Å². The van der Waals surface area contributed by atoms with Gasteiger partial charge in [0, 0.05) is 38.2 Å². The second-order valence-electron chi connectivity index (χ2n) is 8.51. The van der Waals surface area contributed by atoms with E-state index < -0.39 is 5.97 Å². The molecule has 0 radical (unpaired) electrons. The van der Waals surface area contributed by atoms with Gasteiger partial charge in [-0.15, -0.1) is 11.6 Å². The molecule has 1 fully saturated rings. The largest absolute Gasteiger partial charge is 0.478 e. The SMILES string of the molecule is Cc1ccc(Oc2nc3c([nH]2)CC(Cl)C(N2CCN(C(=O)c4ccccc4)CC2)=N3)cc1C(=O)O. The smallest absolute Gasteiger partial charge is 0.336 e. The number of H-pyrrole nitrogens is 1. The van der Waals surface area contributed by atoms with E-state index >= 15 is 0 Å². The number of carboxylic acid groups (broad SMARTS) is 1. The third kappa shape index (κ3) is 4.72. The van der Waals surface area contributed by atoms with Crippen LogP contribution in [0.4, 0.5) is 5.82 Å². The summed E-state index contributed by atoms with van der Waals surface area (Å²) in [7, 11) is 0. The number of aromatic carboxylic acids is 1. The van der Waals surface area contributed by atoms with Gasteiger partial charge in [0.05, 0.1) is 16.6 Å². The van der Waals surface area contributed by atoms with Gasteiger partial charge in [-0.05, 0) is 36.8 Å². The molecule has 1 unspecified atom stereocenters. The quantitative estimate of drug-likeness (QED) is 0.534. The van der Waals surface area contributed by atoms with Crippen molar-refractivity contribution in [1.29, 1.82) is 0 Å². The summed E-state index contributed by atoms with van der Waals surface area (Å²) in [4.78, 5) is 40.3. The van der Waals surface area contributed by atoms with Crippen molar-refractivity contribution in [2.45, 2.75) is 18.7 Å². The zero-order valence-electron chi connectivity index (χ0n) is 19.1. The number of hydrogen-bond acceptors (Lipinski definition) is 6. The number of amides is 1. The first-order valence-electron chi connectivity index (χ1n) is 11.3. The van der Waals surface area contributed by atoms with Crippen molar-refractivity contribution in [3.05, 3.63) is 70.9 Å². The van der Waals surface area contributed by atoms with E-state index in [1.807, 2.05) is 35.2 Å². The fraction of sp³-hybridized carbons (Fsp3) is 0.280. The van der Waals surface area contributed by atoms with E-state index in [1.165, 1.54) is 6.07 Å². The van der Waals surface area contributed by atoms with E-state index in [4.69, 9.17) is 21.3 Å². The molecule has 180 valence electrons. The number of carboxylic acids is 1. The average Bonchev–Trinajstić information content (AvgIpc) is 3.25. The number of nitrogens with zero attached hydrogens (tertiary/aromatic N) is 4. The number of hydrogen-bond donors (Lipinski definition) is 2. The molecule has 0 spiro atoms. The summed E-state index contributed by atoms with van der Waals surface area (Å²) in [6, 6.07) is 14.3. The van der Waals surface area contributed by atoms with Gasteiger partial charge < -0.3 is 24.6 Å². The second kappa shape index (κ2) is 9.42. The van der Waals surface area contributed by atoms with E-state index in [0.717, 1.165) is 11.5 Å². The lowest BCUT2D eigenvalue weighted by atomic mass is 10.1. The number of alkyl halides is 1. The van der Waals surface area contributed by atoms with Crippen molar-refractivity contribution in [2.24, 2.45) is 4.99 Å². The summed E-state index contributed by atoms with van der Waals surface area (Å²) in [6.07, 6.45) is 0.503. The average molecular weight is 494 g/mol. The number of imidazole rings is 1. The van der Waals surface area contributed by atoms with Crippen molar-refractivity contribution in [1.82, 2.24) is 19.8 Å². The molecule has 10 heteroatoms. The maximum absolute atomic E-state index is 12.7. The van der Waals surface area contributed by atoms with Crippen LogP contribution >= 0.6 is 11.6 Å². The maximum atomic E-state index is 12.7. The Kier molecular flexibility index (Phi) is 6.17. The number of halogens is 1. The number of amidine groups is 1. The number of carbonyl (C=O) groups excluding carboxylic acids is 1. The van der Waals surface area contributed by atoms with E-state index in [9.17, 15) is 14.7 Å². The van der Waals surface area contributed by atoms with Crippen LogP contribution in [0.2, 0.25) is 0 Å². The molecule has 1 atom stereocenters. The molecule has 1 amide bonds. The molecule has 0 bridgehead atoms. The molecule has 2 aliphatic rings. The number of nitrogens with one attached hydrogen (secondary N) is 1. The van der Waals surface area contributed by atoms with E-state index in [-0.39, 0.29) is 22.9 Å². The van der Waals surface area contributed by atoms with Gasteiger partial charge in [0.1, 0.15) is 11.6 Å². The molecule has 0 saturated carbocycles. The summed E-state index contributed by atoms with van der Waals surface area (Å²) in [5.41, 5.74) is 2.26. The first kappa shape index (κ1) is 22.9. The summed E-state index contributed by atoms with van der Waals surface area (Å²) >= 11 is 6.67. The highest BCUT2D eigenvalue weighted by molar-refractivity contribution is 6.32. The van der Waals surface area contributed by atoms with Crippen LogP contribution < -0.4 is 4.74 Å². The molecule has 1 saturated heterocycles. The summed E-state index contributed by atoms with van der Waals surface area (Å²) in [5.74, 6) is 0.603. The fourth-order valence-corrected chi connectivity index (χ4v) is 4.63. The summed E-state index contributed by atoms with van der Waals surface area (Å²) in [5, 5.41) is 9.00. The predicted molar refractivity (Wildman–Crippen MR) is 131 cm³/mol. The number of carbonyl (C=O) groups is 2. The van der Waals surface area contributed by atoms with Crippen molar-refractivity contribution in [3.8, 4) is 11.8 Å². The zero-order valence-corrected chi connectivity index (χ0v) is 19.8. The van der Waals surface area contributed by atoms with E-state index in [1.54, 1.807) is 19.1 Å². The minimum Gasteiger partial charge on any atom is -0.478 e. The third-order valence-corrected chi connectivity index (χ3v) is 6.53. The lowest BCUT2D eigenvalue weighted by Gasteiger charge is -2.38. The van der Waals surface area contributed by atoms with Gasteiger partial charge in [-0.3, -0.25) is 4.79 Å². The molecule has 35 heavy (non-hydrogen) atoms. The molecule has 2 aromatic carbocycles. The monoisotopic (exact) mass is 493 g/mol. The van der Waals surface area contributed by atoms with Crippen LogP contribution in [0.5, 0.6) is 11.8 Å². The molecule has 2 aliphatic heterocycles. The Morgan fingerprint density at radius 3 is 2.57 bits per heavy atom. The van der Waals surface area contributed by atoms with Crippen molar-refractivity contribution >= 4 is 35.1 Å². The van der Waals surface area contributed by atoms with Gasteiger partial charge >= 0.3 is 12.0 Å². The van der Waals surface area contributed by atoms with Gasteiger partial charge in [0.15, 0.2) is 5.82 Å². The van der Waals surface area contributed by atoms with Crippen LogP contribution in [-0.2, 0) is 6.42 Å². The summed E-state index contributed by atoms with van der Waals surface area (Å²) in [6.45, 7) is 4.15. The molecule has 3 heterocycles. The lowest BCUT2D eigenvalue weighted by molar-refractivity contribution is 0.0684. The second-order valence-corrected chi connectivity index (χ2v) is 9.04. The topological polar surface area (TPSA) is 111 Å². The standard InChI is InChI=1S/C25H24ClN5O4/c1-15-7-8-17(13-18(15)24(33)34)35-25-27-20-14-19(26)22(28-21(20)29-25)30-9-11-31(12-10-30)23(32)16-5-3-2-4-6-16/h2-8,13,19H,9-12,14H2,1H3,(H,27,29)(H,33,34). The molecule has 0 aliphatic carbocycles. The zero-order chi connectivity index (χ0) is 24.5. The van der Waals surface area contributed by atoms with E-state index in [2.05, 4.69) is 14.9 Å².